The quantitative estimate of drug-likeness (QED) is 0.859. The molecule has 4 nitrogen and oxygen atoms in total. The molecule has 0 aliphatic carbocycles. The van der Waals surface area contributed by atoms with E-state index in [0.29, 0.717) is 5.69 Å². The van der Waals surface area contributed by atoms with Crippen LogP contribution >= 0.6 is 0 Å². The van der Waals surface area contributed by atoms with Crippen LogP contribution in [0.15, 0.2) is 54.6 Å². The molecule has 2 rings (SSSR count). The molecule has 120 valence electrons. The number of ether oxygens (including phenoxy) is 1. The molecular formula is C19H21NO3. The van der Waals surface area contributed by atoms with E-state index in [4.69, 9.17) is 4.74 Å². The molecule has 2 aromatic carbocycles. The van der Waals surface area contributed by atoms with Gasteiger partial charge in [-0.05, 0) is 23.3 Å². The summed E-state index contributed by atoms with van der Waals surface area (Å²) in [4.78, 5) is 23.9. The smallest absolute Gasteiger partial charge is 0.317 e. The minimum absolute atomic E-state index is 0.0367. The van der Waals surface area contributed by atoms with Crippen molar-refractivity contribution >= 4 is 17.6 Å². The number of esters is 1. The Balaban J connectivity index is 2.27. The predicted molar refractivity (Wildman–Crippen MR) is 90.2 cm³/mol. The molecule has 4 heteroatoms. The fourth-order valence-corrected chi connectivity index (χ4v) is 2.27. The lowest BCUT2D eigenvalue weighted by atomic mass is 9.91. The van der Waals surface area contributed by atoms with Crippen molar-refractivity contribution in [1.82, 2.24) is 0 Å². The molecule has 1 unspecified atom stereocenters. The van der Waals surface area contributed by atoms with Gasteiger partial charge in [0.1, 0.15) is 5.92 Å². The number of nitrogens with one attached hydrogen (secondary N) is 1. The maximum Gasteiger partial charge on any atom is 0.317 e. The molecule has 0 saturated heterocycles. The average Bonchev–Trinajstić information content (AvgIpc) is 2.57. The molecule has 0 radical (unpaired) electrons. The third-order valence-corrected chi connectivity index (χ3v) is 3.61. The topological polar surface area (TPSA) is 55.4 Å². The van der Waals surface area contributed by atoms with Gasteiger partial charge in [0.2, 0.25) is 5.91 Å². The van der Waals surface area contributed by atoms with Gasteiger partial charge in [-0.25, -0.2) is 0 Å². The Morgan fingerprint density at radius 1 is 0.913 bits per heavy atom. The molecule has 0 bridgehead atoms. The maximum absolute atomic E-state index is 12.2. The molecule has 0 fully saturated rings. The molecule has 23 heavy (non-hydrogen) atoms. The zero-order valence-corrected chi connectivity index (χ0v) is 13.6. The highest BCUT2D eigenvalue weighted by atomic mass is 16.5. The number of hydrogen-bond donors (Lipinski definition) is 1. The number of hydrogen-bond acceptors (Lipinski definition) is 3. The second-order valence-electron chi connectivity index (χ2n) is 5.63. The highest BCUT2D eigenvalue weighted by Crippen LogP contribution is 2.27. The predicted octanol–water partition coefficient (Wildman–Crippen LogP) is 3.59. The summed E-state index contributed by atoms with van der Waals surface area (Å²) in [6.07, 6.45) is 0. The van der Waals surface area contributed by atoms with Crippen molar-refractivity contribution in [2.75, 3.05) is 12.4 Å². The number of methoxy groups -OCH3 is 1. The summed E-state index contributed by atoms with van der Waals surface area (Å²) in [5, 5.41) is 2.84. The van der Waals surface area contributed by atoms with Gasteiger partial charge in [0.15, 0.2) is 0 Å². The highest BCUT2D eigenvalue weighted by molar-refractivity contribution is 5.92. The molecule has 0 aliphatic rings. The van der Waals surface area contributed by atoms with Crippen LogP contribution in [0, 0.1) is 5.92 Å². The molecule has 0 heterocycles. The summed E-state index contributed by atoms with van der Waals surface area (Å²) in [5.74, 6) is -0.904. The van der Waals surface area contributed by atoms with Crippen molar-refractivity contribution in [2.24, 2.45) is 5.92 Å². The van der Waals surface area contributed by atoms with E-state index in [1.807, 2.05) is 56.3 Å². The minimum Gasteiger partial charge on any atom is -0.468 e. The van der Waals surface area contributed by atoms with E-state index < -0.39 is 5.92 Å². The lowest BCUT2D eigenvalue weighted by Crippen LogP contribution is -2.18. The summed E-state index contributed by atoms with van der Waals surface area (Å²) in [6.45, 7) is 3.68. The number of carbonyl (C=O) groups excluding carboxylic acids is 2. The van der Waals surface area contributed by atoms with Gasteiger partial charge in [-0.1, -0.05) is 56.3 Å². The maximum atomic E-state index is 12.2. The summed E-state index contributed by atoms with van der Waals surface area (Å²) >= 11 is 0. The van der Waals surface area contributed by atoms with Crippen molar-refractivity contribution in [3.63, 3.8) is 0 Å². The lowest BCUT2D eigenvalue weighted by Gasteiger charge is -2.16. The Labute approximate surface area is 136 Å². The molecule has 0 aliphatic heterocycles. The van der Waals surface area contributed by atoms with Gasteiger partial charge in [0.05, 0.1) is 7.11 Å². The van der Waals surface area contributed by atoms with Gasteiger partial charge in [-0.3, -0.25) is 9.59 Å². The first-order valence-corrected chi connectivity index (χ1v) is 7.56. The molecule has 1 atom stereocenters. The third kappa shape index (κ3) is 4.19. The van der Waals surface area contributed by atoms with Crippen LogP contribution in [-0.4, -0.2) is 19.0 Å². The summed E-state index contributed by atoms with van der Waals surface area (Å²) in [7, 11) is 1.38. The van der Waals surface area contributed by atoms with Crippen LogP contribution in [0.25, 0.3) is 0 Å². The van der Waals surface area contributed by atoms with Crippen LogP contribution in [0.1, 0.15) is 30.9 Å². The highest BCUT2D eigenvalue weighted by Gasteiger charge is 2.23. The number of amides is 1. The zero-order chi connectivity index (χ0) is 16.8. The van der Waals surface area contributed by atoms with Crippen molar-refractivity contribution in [1.29, 1.82) is 0 Å². The molecule has 0 spiro atoms. The first kappa shape index (κ1) is 16.7. The first-order chi connectivity index (χ1) is 11.0. The Hall–Kier alpha value is -2.62. The summed E-state index contributed by atoms with van der Waals surface area (Å²) in [6, 6.07) is 16.8. The van der Waals surface area contributed by atoms with Crippen molar-refractivity contribution in [3.05, 3.63) is 65.7 Å². The van der Waals surface area contributed by atoms with E-state index in [1.54, 1.807) is 12.1 Å². The number of carbonyl (C=O) groups is 2. The minimum atomic E-state index is -0.476. The van der Waals surface area contributed by atoms with E-state index in [0.717, 1.165) is 11.1 Å². The number of benzene rings is 2. The first-order valence-electron chi connectivity index (χ1n) is 7.56. The van der Waals surface area contributed by atoms with Crippen LogP contribution in [0.2, 0.25) is 0 Å². The normalized spacial score (nSPS) is 11.8. The molecule has 1 N–H and O–H groups in total. The van der Waals surface area contributed by atoms with Gasteiger partial charge in [-0.15, -0.1) is 0 Å². The van der Waals surface area contributed by atoms with E-state index in [2.05, 4.69) is 5.32 Å². The SMILES string of the molecule is COC(=O)C(c1ccccc1)c1ccc(NC(=O)C(C)C)cc1. The average molecular weight is 311 g/mol. The van der Waals surface area contributed by atoms with E-state index in [1.165, 1.54) is 7.11 Å². The molecule has 0 saturated carbocycles. The van der Waals surface area contributed by atoms with Crippen LogP contribution in [0.3, 0.4) is 0 Å². The van der Waals surface area contributed by atoms with Gasteiger partial charge < -0.3 is 10.1 Å². The van der Waals surface area contributed by atoms with Crippen LogP contribution < -0.4 is 5.32 Å². The van der Waals surface area contributed by atoms with Gasteiger partial charge >= 0.3 is 5.97 Å². The largest absolute Gasteiger partial charge is 0.468 e. The van der Waals surface area contributed by atoms with Crippen molar-refractivity contribution in [3.8, 4) is 0 Å². The summed E-state index contributed by atoms with van der Waals surface area (Å²) < 4.78 is 4.94. The van der Waals surface area contributed by atoms with Crippen molar-refractivity contribution < 1.29 is 14.3 Å². The van der Waals surface area contributed by atoms with E-state index in [-0.39, 0.29) is 17.8 Å². The second-order valence-corrected chi connectivity index (χ2v) is 5.63. The lowest BCUT2D eigenvalue weighted by molar-refractivity contribution is -0.141. The van der Waals surface area contributed by atoms with E-state index in [9.17, 15) is 9.59 Å². The Bertz CT molecular complexity index is 663. The second kappa shape index (κ2) is 7.58. The molecule has 2 aromatic rings. The van der Waals surface area contributed by atoms with Gasteiger partial charge in [0, 0.05) is 11.6 Å². The summed E-state index contributed by atoms with van der Waals surface area (Å²) in [5.41, 5.74) is 2.41. The monoisotopic (exact) mass is 311 g/mol. The van der Waals surface area contributed by atoms with Crippen LogP contribution in [0.4, 0.5) is 5.69 Å². The Morgan fingerprint density at radius 2 is 1.48 bits per heavy atom. The van der Waals surface area contributed by atoms with Gasteiger partial charge in [-0.2, -0.15) is 0 Å². The number of anilines is 1. The van der Waals surface area contributed by atoms with E-state index >= 15 is 0 Å². The third-order valence-electron chi connectivity index (χ3n) is 3.61. The number of rotatable bonds is 5. The van der Waals surface area contributed by atoms with Crippen molar-refractivity contribution in [2.45, 2.75) is 19.8 Å². The van der Waals surface area contributed by atoms with Crippen LogP contribution in [-0.2, 0) is 14.3 Å². The fourth-order valence-electron chi connectivity index (χ4n) is 2.27. The van der Waals surface area contributed by atoms with Gasteiger partial charge in [0.25, 0.3) is 0 Å². The molecule has 1 amide bonds. The Kier molecular flexibility index (Phi) is 5.52. The Morgan fingerprint density at radius 3 is 2.00 bits per heavy atom. The fraction of sp³-hybridized carbons (Fsp3) is 0.263. The molecule has 0 aromatic heterocycles. The molecular weight excluding hydrogens is 290 g/mol. The zero-order valence-electron chi connectivity index (χ0n) is 13.6. The standard InChI is InChI=1S/C19H21NO3/c1-13(2)18(21)20-16-11-9-15(10-12-16)17(19(22)23-3)14-7-5-4-6-8-14/h4-13,17H,1-3H3,(H,20,21). The van der Waals surface area contributed by atoms with Crippen LogP contribution in [0.5, 0.6) is 0 Å².